The highest BCUT2D eigenvalue weighted by Gasteiger charge is 2.52. The minimum atomic E-state index is -1.34. The van der Waals surface area contributed by atoms with Gasteiger partial charge in [0.15, 0.2) is 5.54 Å². The van der Waals surface area contributed by atoms with E-state index in [0.29, 0.717) is 24.9 Å². The van der Waals surface area contributed by atoms with Crippen molar-refractivity contribution in [1.29, 1.82) is 0 Å². The van der Waals surface area contributed by atoms with Crippen LogP contribution in [0.25, 0.3) is 0 Å². The Morgan fingerprint density at radius 1 is 1.35 bits per heavy atom. The Hall–Kier alpha value is -2.08. The van der Waals surface area contributed by atoms with Crippen LogP contribution in [-0.2, 0) is 19.9 Å². The fourth-order valence-corrected chi connectivity index (χ4v) is 2.49. The van der Waals surface area contributed by atoms with Crippen LogP contribution in [0.1, 0.15) is 25.3 Å². The quantitative estimate of drug-likeness (QED) is 0.851. The highest BCUT2D eigenvalue weighted by Crippen LogP contribution is 2.39. The Morgan fingerprint density at radius 2 is 2.05 bits per heavy atom. The van der Waals surface area contributed by atoms with Gasteiger partial charge < -0.3 is 14.7 Å². The second kappa shape index (κ2) is 5.92. The topological polar surface area (TPSA) is 76.1 Å². The first-order valence-electron chi connectivity index (χ1n) is 6.52. The van der Waals surface area contributed by atoms with Crippen molar-refractivity contribution in [1.82, 2.24) is 5.06 Å². The smallest absolute Gasteiger partial charge is 0.480 e. The maximum absolute atomic E-state index is 11.8. The molecule has 1 aliphatic heterocycles. The molecule has 1 aliphatic rings. The number of hydrogen-bond donors (Lipinski definition) is 1. The number of benzene rings is 1. The highest BCUT2D eigenvalue weighted by atomic mass is 16.8. The van der Waals surface area contributed by atoms with Gasteiger partial charge >= 0.3 is 12.1 Å². The summed E-state index contributed by atoms with van der Waals surface area (Å²) < 4.78 is 4.72. The maximum atomic E-state index is 11.8. The predicted molar refractivity (Wildman–Crippen MR) is 69.8 cm³/mol. The molecule has 1 N–H and O–H groups in total. The largest absolute Gasteiger partial charge is 0.527 e. The van der Waals surface area contributed by atoms with Gasteiger partial charge in [0, 0.05) is 6.54 Å². The van der Waals surface area contributed by atoms with Crippen molar-refractivity contribution in [3.63, 3.8) is 0 Å². The molecule has 1 atom stereocenters. The van der Waals surface area contributed by atoms with E-state index in [4.69, 9.17) is 9.57 Å². The van der Waals surface area contributed by atoms with E-state index in [9.17, 15) is 14.7 Å². The second-order valence-electron chi connectivity index (χ2n) is 4.51. The van der Waals surface area contributed by atoms with E-state index in [0.717, 1.165) is 0 Å². The molecular formula is C14H17NO5. The van der Waals surface area contributed by atoms with Gasteiger partial charge in [0.1, 0.15) is 0 Å². The summed E-state index contributed by atoms with van der Waals surface area (Å²) in [5.74, 6) is -1.04. The average molecular weight is 279 g/mol. The van der Waals surface area contributed by atoms with Gasteiger partial charge in [0.05, 0.1) is 6.61 Å². The lowest BCUT2D eigenvalue weighted by Crippen LogP contribution is -2.48. The van der Waals surface area contributed by atoms with Gasteiger partial charge in [0.2, 0.25) is 0 Å². The standard InChI is InChI=1S/C14H17NO5/c1-2-19-13(18)20-15-10-6-9-14(15,12(16)17)11-7-4-3-5-8-11/h3-5,7-8H,2,6,9-10H2,1H3,(H,16,17)/t14-/m0/s1. The van der Waals surface area contributed by atoms with Gasteiger partial charge in [-0.05, 0) is 25.3 Å². The number of hydrogen-bond acceptors (Lipinski definition) is 5. The molecule has 0 radical (unpaired) electrons. The monoisotopic (exact) mass is 279 g/mol. The zero-order chi connectivity index (χ0) is 14.6. The number of aliphatic carboxylic acids is 1. The molecule has 2 rings (SSSR count). The summed E-state index contributed by atoms with van der Waals surface area (Å²) in [6.45, 7) is 2.20. The molecule has 0 amide bonds. The molecule has 6 heteroatoms. The van der Waals surface area contributed by atoms with Gasteiger partial charge in [-0.15, -0.1) is 5.06 Å². The first-order chi connectivity index (χ1) is 9.61. The van der Waals surface area contributed by atoms with Crippen LogP contribution < -0.4 is 0 Å². The Bertz CT molecular complexity index is 490. The summed E-state index contributed by atoms with van der Waals surface area (Å²) in [5.41, 5.74) is -0.747. The van der Waals surface area contributed by atoms with Gasteiger partial charge in [-0.25, -0.2) is 9.59 Å². The van der Waals surface area contributed by atoms with Crippen molar-refractivity contribution < 1.29 is 24.3 Å². The normalized spacial score (nSPS) is 22.4. The lowest BCUT2D eigenvalue weighted by Gasteiger charge is -2.32. The third-order valence-corrected chi connectivity index (χ3v) is 3.38. The average Bonchev–Trinajstić information content (AvgIpc) is 2.84. The minimum absolute atomic E-state index is 0.179. The van der Waals surface area contributed by atoms with E-state index in [2.05, 4.69) is 0 Å². The first-order valence-corrected chi connectivity index (χ1v) is 6.52. The summed E-state index contributed by atoms with van der Waals surface area (Å²) in [7, 11) is 0. The first kappa shape index (κ1) is 14.3. The fourth-order valence-electron chi connectivity index (χ4n) is 2.49. The van der Waals surface area contributed by atoms with Crippen molar-refractivity contribution in [2.45, 2.75) is 25.3 Å². The van der Waals surface area contributed by atoms with E-state index >= 15 is 0 Å². The molecule has 0 unspecified atom stereocenters. The Kier molecular flexibility index (Phi) is 4.24. The van der Waals surface area contributed by atoms with E-state index < -0.39 is 17.7 Å². The predicted octanol–water partition coefficient (Wildman–Crippen LogP) is 2.15. The number of carbonyl (C=O) groups is 2. The molecule has 0 spiro atoms. The van der Waals surface area contributed by atoms with Crippen LogP contribution in [0.4, 0.5) is 4.79 Å². The van der Waals surface area contributed by atoms with Crippen LogP contribution >= 0.6 is 0 Å². The molecule has 108 valence electrons. The molecule has 1 aromatic rings. The highest BCUT2D eigenvalue weighted by molar-refractivity contribution is 5.81. The maximum Gasteiger partial charge on any atom is 0.527 e. The third-order valence-electron chi connectivity index (χ3n) is 3.38. The molecule has 0 saturated carbocycles. The molecule has 1 fully saturated rings. The molecule has 20 heavy (non-hydrogen) atoms. The number of carboxylic acid groups (broad SMARTS) is 1. The van der Waals surface area contributed by atoms with Crippen LogP contribution in [0.15, 0.2) is 30.3 Å². The van der Waals surface area contributed by atoms with Gasteiger partial charge in [-0.1, -0.05) is 30.3 Å². The van der Waals surface area contributed by atoms with Crippen molar-refractivity contribution in [3.05, 3.63) is 35.9 Å². The lowest BCUT2D eigenvalue weighted by molar-refractivity contribution is -0.195. The zero-order valence-electron chi connectivity index (χ0n) is 11.2. The van der Waals surface area contributed by atoms with Crippen molar-refractivity contribution in [3.8, 4) is 0 Å². The molecule has 0 aromatic heterocycles. The number of hydroxylamine groups is 2. The second-order valence-corrected chi connectivity index (χ2v) is 4.51. The van der Waals surface area contributed by atoms with Gasteiger partial charge in [0.25, 0.3) is 0 Å². The van der Waals surface area contributed by atoms with Crippen LogP contribution in [-0.4, -0.2) is 35.4 Å². The fraction of sp³-hybridized carbons (Fsp3) is 0.429. The number of ether oxygens (including phenoxy) is 1. The van der Waals surface area contributed by atoms with Crippen LogP contribution in [0, 0.1) is 0 Å². The molecular weight excluding hydrogens is 262 g/mol. The molecule has 1 aromatic carbocycles. The molecule has 1 saturated heterocycles. The van der Waals surface area contributed by atoms with E-state index in [1.807, 2.05) is 6.07 Å². The molecule has 0 aliphatic carbocycles. The third kappa shape index (κ3) is 2.46. The summed E-state index contributed by atoms with van der Waals surface area (Å²) in [6, 6.07) is 8.79. The van der Waals surface area contributed by atoms with E-state index in [1.165, 1.54) is 5.06 Å². The Morgan fingerprint density at radius 3 is 2.65 bits per heavy atom. The van der Waals surface area contributed by atoms with Crippen molar-refractivity contribution >= 4 is 12.1 Å². The Balaban J connectivity index is 2.31. The summed E-state index contributed by atoms with van der Waals surface area (Å²) >= 11 is 0. The van der Waals surface area contributed by atoms with Crippen LogP contribution in [0.2, 0.25) is 0 Å². The van der Waals surface area contributed by atoms with Crippen LogP contribution in [0.3, 0.4) is 0 Å². The number of rotatable bonds is 4. The van der Waals surface area contributed by atoms with Gasteiger partial charge in [-0.2, -0.15) is 0 Å². The number of nitrogens with zero attached hydrogens (tertiary/aromatic N) is 1. The summed E-state index contributed by atoms with van der Waals surface area (Å²) in [6.07, 6.45) is 0.128. The van der Waals surface area contributed by atoms with Crippen molar-refractivity contribution in [2.75, 3.05) is 13.2 Å². The summed E-state index contributed by atoms with van der Waals surface area (Å²) in [4.78, 5) is 28.3. The minimum Gasteiger partial charge on any atom is -0.480 e. The Labute approximate surface area is 116 Å². The number of carboxylic acids is 1. The molecule has 6 nitrogen and oxygen atoms in total. The molecule has 1 heterocycles. The lowest BCUT2D eigenvalue weighted by atomic mass is 9.88. The van der Waals surface area contributed by atoms with Crippen LogP contribution in [0.5, 0.6) is 0 Å². The zero-order valence-corrected chi connectivity index (χ0v) is 11.2. The van der Waals surface area contributed by atoms with E-state index in [-0.39, 0.29) is 6.61 Å². The summed E-state index contributed by atoms with van der Waals surface area (Å²) in [5, 5.41) is 10.9. The SMILES string of the molecule is CCOC(=O)ON1CCC[C@@]1(C(=O)O)c1ccccc1. The van der Waals surface area contributed by atoms with Gasteiger partial charge in [-0.3, -0.25) is 0 Å². The number of carbonyl (C=O) groups excluding carboxylic acids is 1. The molecule has 0 bridgehead atoms. The van der Waals surface area contributed by atoms with Crippen molar-refractivity contribution in [2.24, 2.45) is 0 Å². The van der Waals surface area contributed by atoms with E-state index in [1.54, 1.807) is 31.2 Å².